The summed E-state index contributed by atoms with van der Waals surface area (Å²) in [5.74, 6) is 1.11. The third-order valence-corrected chi connectivity index (χ3v) is 12.9. The van der Waals surface area contributed by atoms with Crippen LogP contribution < -0.4 is 19.7 Å². The average Bonchev–Trinajstić information content (AvgIpc) is 3.56. The fourth-order valence-electron chi connectivity index (χ4n) is 8.47. The SMILES string of the molecule is CC(C)N(C(=O)c1cc(F)ccc1Oc1cncnc1N1CC[C@@H](CN2CCC3(CCC(NS(=O)(=O)N4CCNCC4)CC3)CC2)C1)C(C)C. The van der Waals surface area contributed by atoms with Crippen LogP contribution in [-0.2, 0) is 10.2 Å². The highest BCUT2D eigenvalue weighted by Crippen LogP contribution is 2.45. The second-order valence-corrected chi connectivity index (χ2v) is 17.0. The van der Waals surface area contributed by atoms with Crippen LogP contribution in [0.5, 0.6) is 11.5 Å². The molecule has 12 nitrogen and oxygen atoms in total. The Bertz CT molecular complexity index is 1560. The number of carbonyl (C=O) groups excluding carboxylic acids is 1. The van der Waals surface area contributed by atoms with Gasteiger partial charge in [0.1, 0.15) is 17.9 Å². The summed E-state index contributed by atoms with van der Waals surface area (Å²) in [6.45, 7) is 15.1. The number of nitrogens with one attached hydrogen (secondary N) is 2. The van der Waals surface area contributed by atoms with Crippen molar-refractivity contribution in [2.24, 2.45) is 11.3 Å². The van der Waals surface area contributed by atoms with Crippen LogP contribution in [0, 0.1) is 17.2 Å². The van der Waals surface area contributed by atoms with E-state index in [1.165, 1.54) is 24.5 Å². The van der Waals surface area contributed by atoms with Gasteiger partial charge in [0.15, 0.2) is 11.6 Å². The topological polar surface area (TPSA) is 123 Å². The largest absolute Gasteiger partial charge is 0.451 e. The van der Waals surface area contributed by atoms with Crippen molar-refractivity contribution >= 4 is 21.9 Å². The lowest BCUT2D eigenvalue weighted by Crippen LogP contribution is -2.53. The third kappa shape index (κ3) is 8.58. The lowest BCUT2D eigenvalue weighted by molar-refractivity contribution is 0.0549. The van der Waals surface area contributed by atoms with E-state index in [0.29, 0.717) is 49.1 Å². The maximum absolute atomic E-state index is 14.4. The van der Waals surface area contributed by atoms with E-state index in [1.54, 1.807) is 15.4 Å². The first-order chi connectivity index (χ1) is 23.9. The minimum absolute atomic E-state index is 0.0311. The lowest BCUT2D eigenvalue weighted by Gasteiger charge is -2.46. The van der Waals surface area contributed by atoms with E-state index < -0.39 is 16.0 Å². The molecule has 1 saturated carbocycles. The number of amides is 1. The monoisotopic (exact) mass is 714 g/mol. The third-order valence-electron chi connectivity index (χ3n) is 11.2. The average molecular weight is 715 g/mol. The van der Waals surface area contributed by atoms with Crippen LogP contribution in [0.25, 0.3) is 0 Å². The van der Waals surface area contributed by atoms with E-state index in [9.17, 15) is 17.6 Å². The molecule has 0 unspecified atom stereocenters. The zero-order valence-electron chi connectivity index (χ0n) is 30.1. The van der Waals surface area contributed by atoms with Crippen molar-refractivity contribution in [2.75, 3.05) is 63.8 Å². The number of rotatable bonds is 11. The number of hydrogen-bond acceptors (Lipinski definition) is 9. The minimum atomic E-state index is -3.42. The molecule has 1 aliphatic carbocycles. The Kier molecular flexibility index (Phi) is 11.6. The van der Waals surface area contributed by atoms with Crippen LogP contribution in [0.2, 0.25) is 0 Å². The smallest absolute Gasteiger partial charge is 0.279 e. The number of nitrogens with zero attached hydrogens (tertiary/aromatic N) is 6. The highest BCUT2D eigenvalue weighted by molar-refractivity contribution is 7.87. The molecule has 3 saturated heterocycles. The Morgan fingerprint density at radius 3 is 2.40 bits per heavy atom. The van der Waals surface area contributed by atoms with Gasteiger partial charge in [-0.25, -0.2) is 14.4 Å². The lowest BCUT2D eigenvalue weighted by atomic mass is 9.67. The van der Waals surface area contributed by atoms with Crippen molar-refractivity contribution in [1.82, 2.24) is 34.1 Å². The number of hydrogen-bond donors (Lipinski definition) is 2. The number of anilines is 1. The van der Waals surface area contributed by atoms with Gasteiger partial charge in [-0.15, -0.1) is 0 Å². The zero-order valence-corrected chi connectivity index (χ0v) is 30.9. The first-order valence-electron chi connectivity index (χ1n) is 18.5. The fraction of sp³-hybridized carbons (Fsp3) is 0.694. The summed E-state index contributed by atoms with van der Waals surface area (Å²) in [6, 6.07) is 3.96. The minimum Gasteiger partial charge on any atom is -0.451 e. The first kappa shape index (κ1) is 36.9. The van der Waals surface area contributed by atoms with Gasteiger partial charge in [0, 0.05) is 63.9 Å². The van der Waals surface area contributed by atoms with Crippen molar-refractivity contribution < 1.29 is 22.3 Å². The summed E-state index contributed by atoms with van der Waals surface area (Å²) in [6.07, 6.45) is 10.5. The van der Waals surface area contributed by atoms with Gasteiger partial charge in [-0.3, -0.25) is 4.79 Å². The van der Waals surface area contributed by atoms with E-state index in [4.69, 9.17) is 4.74 Å². The molecular weight excluding hydrogens is 660 g/mol. The fourth-order valence-corrected chi connectivity index (χ4v) is 9.94. The molecule has 3 aliphatic heterocycles. The highest BCUT2D eigenvalue weighted by Gasteiger charge is 2.40. The number of piperidine rings is 1. The number of halogens is 1. The van der Waals surface area contributed by atoms with Gasteiger partial charge >= 0.3 is 0 Å². The molecule has 4 fully saturated rings. The maximum atomic E-state index is 14.4. The first-order valence-corrected chi connectivity index (χ1v) is 19.9. The second-order valence-electron chi connectivity index (χ2n) is 15.3. The van der Waals surface area contributed by atoms with E-state index in [1.807, 2.05) is 27.7 Å². The Labute approximate surface area is 297 Å². The predicted octanol–water partition coefficient (Wildman–Crippen LogP) is 4.26. The Morgan fingerprint density at radius 2 is 1.72 bits per heavy atom. The number of piperazine rings is 1. The number of aromatic nitrogens is 2. The van der Waals surface area contributed by atoms with Crippen LogP contribution in [0.1, 0.15) is 83.0 Å². The number of ether oxygens (including phenoxy) is 1. The standard InChI is InChI=1S/C36H55FN8O4S/c1-26(2)45(27(3)4)35(46)31-21-29(37)5-6-32(31)49-33-22-39-25-40-34(33)43-16-9-28(24-43)23-42-17-12-36(13-18-42)10-7-30(8-11-36)41-50(47,48)44-19-14-38-15-20-44/h5-6,21-22,25-28,30,38,41H,7-20,23-24H2,1-4H3/t28-/m0/s1. The molecule has 4 heterocycles. The zero-order chi connectivity index (χ0) is 35.5. The van der Waals surface area contributed by atoms with E-state index in [0.717, 1.165) is 77.7 Å². The molecule has 1 atom stereocenters. The van der Waals surface area contributed by atoms with E-state index >= 15 is 0 Å². The summed E-state index contributed by atoms with van der Waals surface area (Å²) in [5.41, 5.74) is 0.499. The number of benzene rings is 1. The van der Waals surface area contributed by atoms with E-state index in [2.05, 4.69) is 29.8 Å². The molecule has 14 heteroatoms. The molecule has 2 aromatic rings. The maximum Gasteiger partial charge on any atom is 0.279 e. The van der Waals surface area contributed by atoms with Gasteiger partial charge in [-0.1, -0.05) is 0 Å². The van der Waals surface area contributed by atoms with Gasteiger partial charge in [0.05, 0.1) is 11.8 Å². The Morgan fingerprint density at radius 1 is 1.02 bits per heavy atom. The second kappa shape index (κ2) is 15.8. The van der Waals surface area contributed by atoms with Crippen LogP contribution >= 0.6 is 0 Å². The predicted molar refractivity (Wildman–Crippen MR) is 192 cm³/mol. The molecule has 50 heavy (non-hydrogen) atoms. The van der Waals surface area contributed by atoms with Crippen LogP contribution in [-0.4, -0.2) is 115 Å². The Balaban J connectivity index is 1.02. The molecule has 0 radical (unpaired) electrons. The van der Waals surface area contributed by atoms with Crippen molar-refractivity contribution in [3.05, 3.63) is 42.1 Å². The normalized spacial score (nSPS) is 22.5. The van der Waals surface area contributed by atoms with Crippen LogP contribution in [0.3, 0.4) is 0 Å². The molecule has 4 aliphatic rings. The molecule has 1 amide bonds. The van der Waals surface area contributed by atoms with Gasteiger partial charge in [0.25, 0.3) is 16.1 Å². The quantitative estimate of drug-likeness (QED) is 0.352. The molecule has 1 spiro atoms. The van der Waals surface area contributed by atoms with Gasteiger partial charge < -0.3 is 24.8 Å². The summed E-state index contributed by atoms with van der Waals surface area (Å²) in [4.78, 5) is 28.9. The van der Waals surface area contributed by atoms with Gasteiger partial charge in [0.2, 0.25) is 0 Å². The summed E-state index contributed by atoms with van der Waals surface area (Å²) >= 11 is 0. The Hall–Kier alpha value is -2.91. The van der Waals surface area contributed by atoms with E-state index in [-0.39, 0.29) is 35.3 Å². The van der Waals surface area contributed by atoms with Crippen molar-refractivity contribution in [2.45, 2.75) is 90.8 Å². The molecule has 1 aromatic heterocycles. The molecule has 1 aromatic carbocycles. The summed E-state index contributed by atoms with van der Waals surface area (Å²) < 4.78 is 51.1. The van der Waals surface area contributed by atoms with Crippen molar-refractivity contribution in [1.29, 1.82) is 0 Å². The summed E-state index contributed by atoms with van der Waals surface area (Å²) in [7, 11) is -3.42. The molecular formula is C36H55FN8O4S. The highest BCUT2D eigenvalue weighted by atomic mass is 32.2. The molecule has 276 valence electrons. The van der Waals surface area contributed by atoms with Gasteiger partial charge in [-0.05, 0) is 115 Å². The van der Waals surface area contributed by atoms with Crippen LogP contribution in [0.4, 0.5) is 10.2 Å². The van der Waals surface area contributed by atoms with Crippen LogP contribution in [0.15, 0.2) is 30.7 Å². The van der Waals surface area contributed by atoms with Crippen molar-refractivity contribution in [3.63, 3.8) is 0 Å². The summed E-state index contributed by atoms with van der Waals surface area (Å²) in [5, 5.41) is 3.22. The number of likely N-dealkylation sites (tertiary alicyclic amines) is 1. The van der Waals surface area contributed by atoms with Crippen molar-refractivity contribution in [3.8, 4) is 11.5 Å². The molecule has 6 rings (SSSR count). The molecule has 0 bridgehead atoms. The van der Waals surface area contributed by atoms with Gasteiger partial charge in [-0.2, -0.15) is 17.4 Å². The molecule has 2 N–H and O–H groups in total. The number of carbonyl (C=O) groups is 1.